The highest BCUT2D eigenvalue weighted by Crippen LogP contribution is 2.27. The third-order valence-corrected chi connectivity index (χ3v) is 5.36. The molecule has 1 N–H and O–H groups in total. The van der Waals surface area contributed by atoms with Gasteiger partial charge >= 0.3 is 0 Å². The number of piperazine rings is 1. The molecule has 2 aromatic rings. The summed E-state index contributed by atoms with van der Waals surface area (Å²) in [6.45, 7) is 3.14. The number of ether oxygens (including phenoxy) is 1. The maximum absolute atomic E-state index is 13.0. The topological polar surface area (TPSA) is 61.9 Å². The van der Waals surface area contributed by atoms with Crippen molar-refractivity contribution >= 4 is 11.8 Å². The molecule has 1 atom stereocenters. The van der Waals surface area contributed by atoms with Crippen LogP contribution in [0.2, 0.25) is 0 Å². The first-order chi connectivity index (χ1) is 14.1. The van der Waals surface area contributed by atoms with Crippen molar-refractivity contribution in [2.45, 2.75) is 12.5 Å². The highest BCUT2D eigenvalue weighted by molar-refractivity contribution is 5.94. The van der Waals surface area contributed by atoms with E-state index in [1.165, 1.54) is 29.8 Å². The fraction of sp³-hybridized carbons (Fsp3) is 0.364. The fourth-order valence-corrected chi connectivity index (χ4v) is 3.74. The van der Waals surface area contributed by atoms with Crippen molar-refractivity contribution in [1.82, 2.24) is 15.1 Å². The Balaban J connectivity index is 1.18. The average Bonchev–Trinajstić information content (AvgIpc) is 3.16. The summed E-state index contributed by atoms with van der Waals surface area (Å²) < 4.78 is 18.9. The summed E-state index contributed by atoms with van der Waals surface area (Å²) in [5, 5.41) is 2.95. The molecule has 0 spiro atoms. The molecule has 6 nitrogen and oxygen atoms in total. The summed E-state index contributed by atoms with van der Waals surface area (Å²) in [7, 11) is 0. The van der Waals surface area contributed by atoms with E-state index < -0.39 is 0 Å². The second-order valence-corrected chi connectivity index (χ2v) is 7.43. The minimum absolute atomic E-state index is 0.0264. The normalized spacial score (nSPS) is 18.8. The largest absolute Gasteiger partial charge is 0.488 e. The number of amides is 2. The van der Waals surface area contributed by atoms with E-state index in [0.717, 1.165) is 12.2 Å². The van der Waals surface area contributed by atoms with Crippen LogP contribution in [0.3, 0.4) is 0 Å². The van der Waals surface area contributed by atoms with E-state index in [9.17, 15) is 14.0 Å². The molecule has 0 radical (unpaired) electrons. The van der Waals surface area contributed by atoms with Crippen LogP contribution in [0, 0.1) is 5.82 Å². The van der Waals surface area contributed by atoms with Crippen LogP contribution in [-0.4, -0.2) is 67.0 Å². The zero-order valence-corrected chi connectivity index (χ0v) is 16.1. The van der Waals surface area contributed by atoms with E-state index in [1.54, 1.807) is 4.90 Å². The number of para-hydroxylation sites is 1. The summed E-state index contributed by atoms with van der Waals surface area (Å²) in [5.41, 5.74) is 1.66. The molecule has 2 heterocycles. The van der Waals surface area contributed by atoms with Gasteiger partial charge in [0.05, 0.1) is 13.1 Å². The molecular formula is C22H24FN3O3. The van der Waals surface area contributed by atoms with E-state index in [-0.39, 0.29) is 23.7 Å². The van der Waals surface area contributed by atoms with Gasteiger partial charge in [-0.15, -0.1) is 0 Å². The van der Waals surface area contributed by atoms with Gasteiger partial charge in [0.25, 0.3) is 5.91 Å². The fourth-order valence-electron chi connectivity index (χ4n) is 3.74. The Morgan fingerprint density at radius 2 is 1.76 bits per heavy atom. The third kappa shape index (κ3) is 4.74. The zero-order valence-electron chi connectivity index (χ0n) is 16.1. The number of halogens is 1. The molecule has 2 amide bonds. The highest BCUT2D eigenvalue weighted by atomic mass is 19.1. The van der Waals surface area contributed by atoms with Crippen molar-refractivity contribution < 1.29 is 18.7 Å². The summed E-state index contributed by atoms with van der Waals surface area (Å²) >= 11 is 0. The third-order valence-electron chi connectivity index (χ3n) is 5.36. The van der Waals surface area contributed by atoms with Crippen molar-refractivity contribution in [2.75, 3.05) is 39.3 Å². The second kappa shape index (κ2) is 8.61. The van der Waals surface area contributed by atoms with Crippen LogP contribution in [0.1, 0.15) is 15.9 Å². The standard InChI is InChI=1S/C22H24FN3O3/c23-18-7-5-16(6-8-18)22(28)26-11-9-25(10-12-26)15-21(27)24-14-19-13-17-3-1-2-4-20(17)29-19/h1-8,19H,9-15H2,(H,24,27). The lowest BCUT2D eigenvalue weighted by molar-refractivity contribution is -0.122. The first kappa shape index (κ1) is 19.4. The van der Waals surface area contributed by atoms with Crippen molar-refractivity contribution in [1.29, 1.82) is 0 Å². The van der Waals surface area contributed by atoms with E-state index in [1.807, 2.05) is 29.2 Å². The van der Waals surface area contributed by atoms with Crippen molar-refractivity contribution in [2.24, 2.45) is 0 Å². The van der Waals surface area contributed by atoms with Crippen molar-refractivity contribution in [3.8, 4) is 5.75 Å². The predicted octanol–water partition coefficient (Wildman–Crippen LogP) is 1.70. The number of nitrogens with zero attached hydrogens (tertiary/aromatic N) is 2. The van der Waals surface area contributed by atoms with Gasteiger partial charge in [-0.1, -0.05) is 18.2 Å². The lowest BCUT2D eigenvalue weighted by atomic mass is 10.1. The van der Waals surface area contributed by atoms with Crippen LogP contribution in [0.15, 0.2) is 48.5 Å². The lowest BCUT2D eigenvalue weighted by Crippen LogP contribution is -2.51. The van der Waals surface area contributed by atoms with Gasteiger partial charge in [-0.25, -0.2) is 4.39 Å². The SMILES string of the molecule is O=C(CN1CCN(C(=O)c2ccc(F)cc2)CC1)NCC1Cc2ccccc2O1. The number of hydrogen-bond donors (Lipinski definition) is 1. The van der Waals surface area contributed by atoms with Gasteiger partial charge in [0.1, 0.15) is 17.7 Å². The summed E-state index contributed by atoms with van der Waals surface area (Å²) in [4.78, 5) is 28.5. The number of carbonyl (C=O) groups excluding carboxylic acids is 2. The van der Waals surface area contributed by atoms with Crippen LogP contribution in [0.5, 0.6) is 5.75 Å². The zero-order chi connectivity index (χ0) is 20.2. The Morgan fingerprint density at radius 1 is 1.03 bits per heavy atom. The maximum atomic E-state index is 13.0. The molecule has 0 aliphatic carbocycles. The van der Waals surface area contributed by atoms with Crippen molar-refractivity contribution in [3.05, 3.63) is 65.5 Å². The molecule has 0 bridgehead atoms. The minimum Gasteiger partial charge on any atom is -0.488 e. The van der Waals surface area contributed by atoms with Crippen LogP contribution < -0.4 is 10.1 Å². The molecule has 2 aromatic carbocycles. The smallest absolute Gasteiger partial charge is 0.253 e. The minimum atomic E-state index is -0.357. The number of benzene rings is 2. The quantitative estimate of drug-likeness (QED) is 0.834. The van der Waals surface area contributed by atoms with Crippen LogP contribution in [-0.2, 0) is 11.2 Å². The summed E-state index contributed by atoms with van der Waals surface area (Å²) in [6.07, 6.45) is 0.780. The molecule has 1 fully saturated rings. The molecule has 152 valence electrons. The Morgan fingerprint density at radius 3 is 2.48 bits per heavy atom. The first-order valence-electron chi connectivity index (χ1n) is 9.87. The average molecular weight is 397 g/mol. The van der Waals surface area contributed by atoms with Gasteiger partial charge < -0.3 is 15.0 Å². The second-order valence-electron chi connectivity index (χ2n) is 7.43. The number of nitrogens with one attached hydrogen (secondary N) is 1. The summed E-state index contributed by atoms with van der Waals surface area (Å²) in [5.74, 6) is 0.396. The molecule has 2 aliphatic heterocycles. The Kier molecular flexibility index (Phi) is 5.76. The number of carbonyl (C=O) groups is 2. The molecule has 0 saturated carbocycles. The van der Waals surface area contributed by atoms with Gasteiger partial charge in [-0.3, -0.25) is 14.5 Å². The number of fused-ring (bicyclic) bond motifs is 1. The van der Waals surface area contributed by atoms with E-state index in [4.69, 9.17) is 4.74 Å². The van der Waals surface area contributed by atoms with Gasteiger partial charge in [0.15, 0.2) is 0 Å². The van der Waals surface area contributed by atoms with Crippen LogP contribution in [0.25, 0.3) is 0 Å². The molecular weight excluding hydrogens is 373 g/mol. The molecule has 7 heteroatoms. The molecule has 2 aliphatic rings. The van der Waals surface area contributed by atoms with Crippen molar-refractivity contribution in [3.63, 3.8) is 0 Å². The first-order valence-corrected chi connectivity index (χ1v) is 9.87. The van der Waals surface area contributed by atoms with Gasteiger partial charge in [-0.2, -0.15) is 0 Å². The van der Waals surface area contributed by atoms with E-state index in [2.05, 4.69) is 5.32 Å². The maximum Gasteiger partial charge on any atom is 0.253 e. The monoisotopic (exact) mass is 397 g/mol. The number of hydrogen-bond acceptors (Lipinski definition) is 4. The molecule has 0 aromatic heterocycles. The van der Waals surface area contributed by atoms with Gasteiger partial charge in [-0.05, 0) is 35.9 Å². The lowest BCUT2D eigenvalue weighted by Gasteiger charge is -2.34. The van der Waals surface area contributed by atoms with Gasteiger partial charge in [0.2, 0.25) is 5.91 Å². The predicted molar refractivity (Wildman–Crippen MR) is 106 cm³/mol. The van der Waals surface area contributed by atoms with Crippen LogP contribution in [0.4, 0.5) is 4.39 Å². The molecule has 1 saturated heterocycles. The molecule has 4 rings (SSSR count). The Hall–Kier alpha value is -2.93. The highest BCUT2D eigenvalue weighted by Gasteiger charge is 2.25. The molecule has 29 heavy (non-hydrogen) atoms. The Bertz CT molecular complexity index is 854. The number of rotatable bonds is 5. The Labute approximate surface area is 169 Å². The van der Waals surface area contributed by atoms with E-state index in [0.29, 0.717) is 44.8 Å². The summed E-state index contributed by atoms with van der Waals surface area (Å²) in [6, 6.07) is 13.5. The van der Waals surface area contributed by atoms with Crippen LogP contribution >= 0.6 is 0 Å². The van der Waals surface area contributed by atoms with E-state index >= 15 is 0 Å². The molecule has 1 unspecified atom stereocenters. The van der Waals surface area contributed by atoms with Gasteiger partial charge in [0, 0.05) is 38.2 Å².